The highest BCUT2D eigenvalue weighted by Crippen LogP contribution is 2.19. The summed E-state index contributed by atoms with van der Waals surface area (Å²) in [6, 6.07) is 7.77. The Kier molecular flexibility index (Phi) is 6.29. The van der Waals surface area contributed by atoms with Crippen LogP contribution < -0.4 is 10.1 Å². The highest BCUT2D eigenvalue weighted by atomic mass is 35.5. The van der Waals surface area contributed by atoms with Crippen LogP contribution >= 0.6 is 22.9 Å². The van der Waals surface area contributed by atoms with Crippen molar-refractivity contribution in [2.24, 2.45) is 0 Å². The topological polar surface area (TPSA) is 54.5 Å². The van der Waals surface area contributed by atoms with Crippen molar-refractivity contribution in [2.45, 2.75) is 31.9 Å². The molecule has 1 aromatic carbocycles. The number of piperidine rings is 1. The highest BCUT2D eigenvalue weighted by molar-refractivity contribution is 7.09. The number of nitrogens with one attached hydrogen (secondary N) is 1. The van der Waals surface area contributed by atoms with E-state index in [9.17, 15) is 4.79 Å². The summed E-state index contributed by atoms with van der Waals surface area (Å²) in [6.07, 6.45) is 2.39. The molecule has 0 atom stereocenters. The number of ether oxygens (including phenoxy) is 1. The average Bonchev–Trinajstić information content (AvgIpc) is 3.08. The number of benzene rings is 1. The number of hydrogen-bond donors (Lipinski definition) is 1. The highest BCUT2D eigenvalue weighted by Gasteiger charge is 2.22. The van der Waals surface area contributed by atoms with Gasteiger partial charge in [0.1, 0.15) is 17.4 Å². The van der Waals surface area contributed by atoms with Gasteiger partial charge in [0.05, 0.1) is 12.1 Å². The number of nitrogens with zero attached hydrogens (tertiary/aromatic N) is 2. The van der Waals surface area contributed by atoms with Crippen LogP contribution in [0.15, 0.2) is 29.6 Å². The average molecular weight is 380 g/mol. The Bertz CT molecular complexity index is 697. The number of carbonyl (C=O) groups excluding carboxylic acids is 1. The zero-order valence-electron chi connectivity index (χ0n) is 14.2. The minimum Gasteiger partial charge on any atom is -0.486 e. The number of amides is 1. The Morgan fingerprint density at radius 2 is 2.08 bits per heavy atom. The molecule has 1 aliphatic rings. The number of rotatable bonds is 6. The Hall–Kier alpha value is -1.63. The van der Waals surface area contributed by atoms with Gasteiger partial charge in [-0.15, -0.1) is 11.3 Å². The minimum absolute atomic E-state index is 0.157. The van der Waals surface area contributed by atoms with Crippen molar-refractivity contribution in [3.05, 3.63) is 45.4 Å². The second-order valence-electron chi connectivity index (χ2n) is 6.10. The maximum absolute atomic E-state index is 12.4. The van der Waals surface area contributed by atoms with Gasteiger partial charge in [0.2, 0.25) is 5.91 Å². The summed E-state index contributed by atoms with van der Waals surface area (Å²) in [5, 5.41) is 6.77. The van der Waals surface area contributed by atoms with E-state index >= 15 is 0 Å². The fourth-order valence-corrected chi connectivity index (χ4v) is 3.69. The molecule has 0 unspecified atom stereocenters. The molecule has 0 bridgehead atoms. The third-order valence-corrected chi connectivity index (χ3v) is 5.49. The van der Waals surface area contributed by atoms with Crippen LogP contribution in [0.4, 0.5) is 0 Å². The number of likely N-dealkylation sites (tertiary alicyclic amines) is 1. The van der Waals surface area contributed by atoms with Crippen molar-refractivity contribution >= 4 is 28.8 Å². The molecule has 0 aliphatic carbocycles. The molecule has 1 saturated heterocycles. The molecule has 3 rings (SSSR count). The molecule has 25 heavy (non-hydrogen) atoms. The van der Waals surface area contributed by atoms with E-state index in [0.29, 0.717) is 24.1 Å². The lowest BCUT2D eigenvalue weighted by molar-refractivity contribution is -0.131. The molecular weight excluding hydrogens is 358 g/mol. The summed E-state index contributed by atoms with van der Waals surface area (Å²) < 4.78 is 5.69. The first-order valence-electron chi connectivity index (χ1n) is 8.40. The third kappa shape index (κ3) is 5.17. The first kappa shape index (κ1) is 18.2. The fourth-order valence-electron chi connectivity index (χ4n) is 2.86. The Morgan fingerprint density at radius 1 is 1.36 bits per heavy atom. The van der Waals surface area contributed by atoms with E-state index in [0.717, 1.165) is 42.4 Å². The summed E-state index contributed by atoms with van der Waals surface area (Å²) in [4.78, 5) is 18.9. The third-order valence-electron chi connectivity index (χ3n) is 4.36. The number of carbonyl (C=O) groups is 1. The Morgan fingerprint density at radius 3 is 2.76 bits per heavy atom. The standard InChI is InChI=1S/C18H22ClN3O2S/c1-20-14-6-8-22(9-7-14)18(23)10-15-12-25-17(21-15)11-24-16-4-2-13(19)3-5-16/h2-5,12,14,20H,6-11H2,1H3. The van der Waals surface area contributed by atoms with Crippen molar-refractivity contribution in [3.8, 4) is 5.75 Å². The summed E-state index contributed by atoms with van der Waals surface area (Å²) in [5.74, 6) is 0.912. The monoisotopic (exact) mass is 379 g/mol. The molecule has 2 aromatic rings. The van der Waals surface area contributed by atoms with Crippen LogP contribution in [-0.2, 0) is 17.8 Å². The summed E-state index contributed by atoms with van der Waals surface area (Å²) >= 11 is 7.38. The lowest BCUT2D eigenvalue weighted by Gasteiger charge is -2.31. The molecule has 1 fully saturated rings. The molecule has 134 valence electrons. The molecule has 1 amide bonds. The van der Waals surface area contributed by atoms with Gasteiger partial charge in [-0.05, 0) is 44.2 Å². The largest absolute Gasteiger partial charge is 0.486 e. The predicted molar refractivity (Wildman–Crippen MR) is 100 cm³/mol. The molecule has 1 N–H and O–H groups in total. The molecule has 0 radical (unpaired) electrons. The molecular formula is C18H22ClN3O2S. The van der Waals surface area contributed by atoms with E-state index in [4.69, 9.17) is 16.3 Å². The molecule has 0 spiro atoms. The van der Waals surface area contributed by atoms with E-state index in [2.05, 4.69) is 10.3 Å². The number of aromatic nitrogens is 1. The van der Waals surface area contributed by atoms with Gasteiger partial charge < -0.3 is 15.0 Å². The molecule has 2 heterocycles. The van der Waals surface area contributed by atoms with E-state index in [1.807, 2.05) is 29.5 Å². The van der Waals surface area contributed by atoms with Gasteiger partial charge in [-0.25, -0.2) is 4.98 Å². The zero-order valence-corrected chi connectivity index (χ0v) is 15.8. The van der Waals surface area contributed by atoms with Crippen LogP contribution in [0.1, 0.15) is 23.5 Å². The maximum atomic E-state index is 12.4. The minimum atomic E-state index is 0.157. The van der Waals surface area contributed by atoms with Gasteiger partial charge in [0, 0.05) is 29.5 Å². The van der Waals surface area contributed by atoms with Gasteiger partial charge in [-0.1, -0.05) is 11.6 Å². The van der Waals surface area contributed by atoms with Crippen LogP contribution in [0.3, 0.4) is 0 Å². The van der Waals surface area contributed by atoms with Crippen molar-refractivity contribution < 1.29 is 9.53 Å². The van der Waals surface area contributed by atoms with E-state index < -0.39 is 0 Å². The van der Waals surface area contributed by atoms with Crippen molar-refractivity contribution in [1.82, 2.24) is 15.2 Å². The van der Waals surface area contributed by atoms with Crippen molar-refractivity contribution in [3.63, 3.8) is 0 Å². The van der Waals surface area contributed by atoms with Gasteiger partial charge in [0.15, 0.2) is 0 Å². The fraction of sp³-hybridized carbons (Fsp3) is 0.444. The Labute approximate surface area is 157 Å². The van der Waals surface area contributed by atoms with Crippen LogP contribution in [0.5, 0.6) is 5.75 Å². The quantitative estimate of drug-likeness (QED) is 0.837. The maximum Gasteiger partial charge on any atom is 0.228 e. The van der Waals surface area contributed by atoms with Crippen molar-refractivity contribution in [1.29, 1.82) is 0 Å². The van der Waals surface area contributed by atoms with Gasteiger partial charge in [0.25, 0.3) is 0 Å². The predicted octanol–water partition coefficient (Wildman–Crippen LogP) is 3.13. The first-order chi connectivity index (χ1) is 12.1. The first-order valence-corrected chi connectivity index (χ1v) is 9.66. The van der Waals surface area contributed by atoms with E-state index in [1.54, 1.807) is 12.1 Å². The molecule has 0 saturated carbocycles. The van der Waals surface area contributed by atoms with Crippen LogP contribution in [0.25, 0.3) is 0 Å². The Balaban J connectivity index is 1.48. The number of thiazole rings is 1. The lowest BCUT2D eigenvalue weighted by Crippen LogP contribution is -2.44. The van der Waals surface area contributed by atoms with Crippen LogP contribution in [-0.4, -0.2) is 42.0 Å². The van der Waals surface area contributed by atoms with Crippen molar-refractivity contribution in [2.75, 3.05) is 20.1 Å². The summed E-state index contributed by atoms with van der Waals surface area (Å²) in [5.41, 5.74) is 0.820. The van der Waals surface area contributed by atoms with Gasteiger partial charge in [-0.2, -0.15) is 0 Å². The molecule has 1 aromatic heterocycles. The SMILES string of the molecule is CNC1CCN(C(=O)Cc2csc(COc3ccc(Cl)cc3)n2)CC1. The second-order valence-corrected chi connectivity index (χ2v) is 7.47. The van der Waals surface area contributed by atoms with Crippen LogP contribution in [0.2, 0.25) is 5.02 Å². The molecule has 1 aliphatic heterocycles. The normalized spacial score (nSPS) is 15.4. The van der Waals surface area contributed by atoms with Gasteiger partial charge >= 0.3 is 0 Å². The molecule has 5 nitrogen and oxygen atoms in total. The van der Waals surface area contributed by atoms with Gasteiger partial charge in [-0.3, -0.25) is 4.79 Å². The zero-order chi connectivity index (χ0) is 17.6. The number of hydrogen-bond acceptors (Lipinski definition) is 5. The second kappa shape index (κ2) is 8.65. The smallest absolute Gasteiger partial charge is 0.228 e. The van der Waals surface area contributed by atoms with E-state index in [1.165, 1.54) is 11.3 Å². The van der Waals surface area contributed by atoms with E-state index in [-0.39, 0.29) is 5.91 Å². The number of halogens is 1. The summed E-state index contributed by atoms with van der Waals surface area (Å²) in [6.45, 7) is 2.04. The molecule has 7 heteroatoms. The summed E-state index contributed by atoms with van der Waals surface area (Å²) in [7, 11) is 1.98. The van der Waals surface area contributed by atoms with Crippen LogP contribution in [0, 0.1) is 0 Å². The lowest BCUT2D eigenvalue weighted by atomic mass is 10.0.